The van der Waals surface area contributed by atoms with Gasteiger partial charge in [-0.15, -0.1) is 0 Å². The summed E-state index contributed by atoms with van der Waals surface area (Å²) in [6.07, 6.45) is 6.23. The molecule has 0 saturated heterocycles. The molecule has 3 N–H and O–H groups in total. The molecule has 122 valence electrons. The summed E-state index contributed by atoms with van der Waals surface area (Å²) in [5, 5.41) is 7.90. The zero-order valence-corrected chi connectivity index (χ0v) is 13.5. The van der Waals surface area contributed by atoms with Crippen LogP contribution < -0.4 is 15.2 Å². The van der Waals surface area contributed by atoms with Crippen molar-refractivity contribution in [2.45, 2.75) is 43.4 Å². The molecule has 1 saturated carbocycles. The van der Waals surface area contributed by atoms with E-state index in [1.807, 2.05) is 0 Å². The summed E-state index contributed by atoms with van der Waals surface area (Å²) < 4.78 is 28.1. The molecular formula is C15H22N2O4S. The number of anilines is 1. The Morgan fingerprint density at radius 1 is 1.32 bits per heavy atom. The van der Waals surface area contributed by atoms with Crippen molar-refractivity contribution in [1.29, 1.82) is 0 Å². The smallest absolute Gasteiger partial charge is 0.241 e. The van der Waals surface area contributed by atoms with E-state index in [9.17, 15) is 13.2 Å². The second kappa shape index (κ2) is 7.11. The van der Waals surface area contributed by atoms with Crippen molar-refractivity contribution in [3.63, 3.8) is 0 Å². The van der Waals surface area contributed by atoms with E-state index in [1.54, 1.807) is 6.07 Å². The number of carbonyl (C=O) groups is 1. The normalized spacial score (nSPS) is 16.3. The quantitative estimate of drug-likeness (QED) is 0.867. The molecule has 0 spiro atoms. The van der Waals surface area contributed by atoms with Gasteiger partial charge in [-0.2, -0.15) is 0 Å². The minimum Gasteiger partial charge on any atom is -0.495 e. The maximum Gasteiger partial charge on any atom is 0.241 e. The van der Waals surface area contributed by atoms with E-state index in [-0.39, 0.29) is 16.6 Å². The minimum atomic E-state index is -3.91. The molecule has 1 aromatic carbocycles. The van der Waals surface area contributed by atoms with Crippen LogP contribution in [-0.2, 0) is 14.8 Å². The number of nitrogens with one attached hydrogen (secondary N) is 1. The number of primary sulfonamides is 1. The SMILES string of the molecule is COc1ccc(NC(=O)CC2CCCCC2)cc1S(N)(=O)=O. The molecule has 6 nitrogen and oxygen atoms in total. The summed E-state index contributed by atoms with van der Waals surface area (Å²) in [5.41, 5.74) is 0.408. The van der Waals surface area contributed by atoms with Crippen LogP contribution in [0.3, 0.4) is 0 Å². The van der Waals surface area contributed by atoms with Crippen molar-refractivity contribution in [2.75, 3.05) is 12.4 Å². The molecule has 0 radical (unpaired) electrons. The highest BCUT2D eigenvalue weighted by Gasteiger charge is 2.19. The molecule has 0 heterocycles. The first-order valence-corrected chi connectivity index (χ1v) is 8.95. The van der Waals surface area contributed by atoms with Gasteiger partial charge in [-0.05, 0) is 37.0 Å². The number of nitrogens with two attached hydrogens (primary N) is 1. The van der Waals surface area contributed by atoms with Crippen LogP contribution in [0.15, 0.2) is 23.1 Å². The van der Waals surface area contributed by atoms with Crippen LogP contribution in [0.5, 0.6) is 5.75 Å². The summed E-state index contributed by atoms with van der Waals surface area (Å²) in [7, 11) is -2.54. The summed E-state index contributed by atoms with van der Waals surface area (Å²) in [4.78, 5) is 11.9. The molecule has 1 aliphatic carbocycles. The van der Waals surface area contributed by atoms with Gasteiger partial charge in [-0.1, -0.05) is 19.3 Å². The number of sulfonamides is 1. The molecule has 0 unspecified atom stereocenters. The van der Waals surface area contributed by atoms with Gasteiger partial charge in [-0.3, -0.25) is 4.79 Å². The van der Waals surface area contributed by atoms with Gasteiger partial charge < -0.3 is 10.1 Å². The highest BCUT2D eigenvalue weighted by molar-refractivity contribution is 7.89. The number of methoxy groups -OCH3 is 1. The highest BCUT2D eigenvalue weighted by atomic mass is 32.2. The standard InChI is InChI=1S/C15H22N2O4S/c1-21-13-8-7-12(10-14(13)22(16,19)20)17-15(18)9-11-5-3-2-4-6-11/h7-8,10-11H,2-6,9H2,1H3,(H,17,18)(H2,16,19,20). The fourth-order valence-corrected chi connectivity index (χ4v) is 3.57. The summed E-state index contributed by atoms with van der Waals surface area (Å²) in [5.74, 6) is 0.481. The Labute approximate surface area is 131 Å². The van der Waals surface area contributed by atoms with Gasteiger partial charge in [0, 0.05) is 12.1 Å². The zero-order valence-electron chi connectivity index (χ0n) is 12.7. The molecular weight excluding hydrogens is 304 g/mol. The van der Waals surface area contributed by atoms with Crippen LogP contribution in [-0.4, -0.2) is 21.4 Å². The van der Waals surface area contributed by atoms with Crippen molar-refractivity contribution in [2.24, 2.45) is 11.1 Å². The summed E-state index contributed by atoms with van der Waals surface area (Å²) in [6.45, 7) is 0. The Morgan fingerprint density at radius 3 is 2.59 bits per heavy atom. The lowest BCUT2D eigenvalue weighted by Gasteiger charge is -2.21. The molecule has 1 fully saturated rings. The summed E-state index contributed by atoms with van der Waals surface area (Å²) >= 11 is 0. The molecule has 0 bridgehead atoms. The van der Waals surface area contributed by atoms with Gasteiger partial charge in [0.05, 0.1) is 7.11 Å². The van der Waals surface area contributed by atoms with Crippen LogP contribution in [0.2, 0.25) is 0 Å². The van der Waals surface area contributed by atoms with Crippen LogP contribution in [0.4, 0.5) is 5.69 Å². The van der Waals surface area contributed by atoms with Crippen LogP contribution in [0, 0.1) is 5.92 Å². The Bertz CT molecular complexity index is 637. The van der Waals surface area contributed by atoms with E-state index in [0.717, 1.165) is 12.8 Å². The van der Waals surface area contributed by atoms with E-state index in [2.05, 4.69) is 5.32 Å². The molecule has 0 atom stereocenters. The Balaban J connectivity index is 2.07. The molecule has 1 aromatic rings. The zero-order chi connectivity index (χ0) is 16.2. The Morgan fingerprint density at radius 2 is 2.00 bits per heavy atom. The Hall–Kier alpha value is -1.60. The fourth-order valence-electron chi connectivity index (χ4n) is 2.84. The topological polar surface area (TPSA) is 98.5 Å². The molecule has 2 rings (SSSR count). The molecule has 22 heavy (non-hydrogen) atoms. The number of benzene rings is 1. The van der Waals surface area contributed by atoms with Gasteiger partial charge in [0.1, 0.15) is 10.6 Å². The lowest BCUT2D eigenvalue weighted by molar-refractivity contribution is -0.117. The van der Waals surface area contributed by atoms with Crippen LogP contribution in [0.1, 0.15) is 38.5 Å². The first kappa shape index (κ1) is 16.8. The van der Waals surface area contributed by atoms with Crippen molar-refractivity contribution in [1.82, 2.24) is 0 Å². The molecule has 0 aliphatic heterocycles. The first-order valence-electron chi connectivity index (χ1n) is 7.41. The number of rotatable bonds is 5. The minimum absolute atomic E-state index is 0.0996. The third-order valence-corrected chi connectivity index (χ3v) is 4.88. The second-order valence-corrected chi connectivity index (χ2v) is 7.20. The molecule has 1 aliphatic rings. The average Bonchev–Trinajstić information content (AvgIpc) is 2.47. The highest BCUT2D eigenvalue weighted by Crippen LogP contribution is 2.28. The third-order valence-electron chi connectivity index (χ3n) is 3.95. The Kier molecular flexibility index (Phi) is 5.42. The number of ether oxygens (including phenoxy) is 1. The second-order valence-electron chi connectivity index (χ2n) is 5.67. The number of hydrogen-bond donors (Lipinski definition) is 2. The third kappa shape index (κ3) is 4.45. The van der Waals surface area contributed by atoms with Gasteiger partial charge in [0.15, 0.2) is 0 Å². The lowest BCUT2D eigenvalue weighted by Crippen LogP contribution is -2.19. The number of carbonyl (C=O) groups excluding carboxylic acids is 1. The van der Waals surface area contributed by atoms with E-state index in [0.29, 0.717) is 18.0 Å². The maximum absolute atomic E-state index is 12.1. The largest absolute Gasteiger partial charge is 0.495 e. The van der Waals surface area contributed by atoms with Crippen molar-refractivity contribution >= 4 is 21.6 Å². The fraction of sp³-hybridized carbons (Fsp3) is 0.533. The van der Waals surface area contributed by atoms with Gasteiger partial charge in [0.25, 0.3) is 0 Å². The molecule has 0 aromatic heterocycles. The van der Waals surface area contributed by atoms with E-state index < -0.39 is 10.0 Å². The van der Waals surface area contributed by atoms with E-state index in [1.165, 1.54) is 38.5 Å². The van der Waals surface area contributed by atoms with Crippen molar-refractivity contribution in [3.8, 4) is 5.75 Å². The van der Waals surface area contributed by atoms with E-state index >= 15 is 0 Å². The van der Waals surface area contributed by atoms with Crippen LogP contribution in [0.25, 0.3) is 0 Å². The average molecular weight is 326 g/mol. The molecule has 7 heteroatoms. The first-order chi connectivity index (χ1) is 10.4. The predicted molar refractivity (Wildman–Crippen MR) is 84.2 cm³/mol. The molecule has 1 amide bonds. The monoisotopic (exact) mass is 326 g/mol. The van der Waals surface area contributed by atoms with Crippen LogP contribution >= 0.6 is 0 Å². The maximum atomic E-state index is 12.1. The summed E-state index contributed by atoms with van der Waals surface area (Å²) in [6, 6.07) is 4.41. The number of hydrogen-bond acceptors (Lipinski definition) is 4. The van der Waals surface area contributed by atoms with Gasteiger partial charge in [-0.25, -0.2) is 13.6 Å². The lowest BCUT2D eigenvalue weighted by atomic mass is 9.87. The van der Waals surface area contributed by atoms with Gasteiger partial charge >= 0.3 is 0 Å². The predicted octanol–water partition coefficient (Wildman–Crippen LogP) is 2.25. The van der Waals surface area contributed by atoms with E-state index in [4.69, 9.17) is 9.88 Å². The van der Waals surface area contributed by atoms with Crippen molar-refractivity contribution < 1.29 is 17.9 Å². The van der Waals surface area contributed by atoms with Gasteiger partial charge in [0.2, 0.25) is 15.9 Å². The number of amides is 1. The van der Waals surface area contributed by atoms with Crippen molar-refractivity contribution in [3.05, 3.63) is 18.2 Å².